The minimum absolute atomic E-state index is 0.168. The van der Waals surface area contributed by atoms with Crippen LogP contribution in [0.15, 0.2) is 36.5 Å². The van der Waals surface area contributed by atoms with Crippen LogP contribution < -0.4 is 15.5 Å². The first-order valence-corrected chi connectivity index (χ1v) is 10.1. The highest BCUT2D eigenvalue weighted by atomic mass is 16.2. The third-order valence-corrected chi connectivity index (χ3v) is 5.26. The molecule has 2 amide bonds. The average molecular weight is 395 g/mol. The van der Waals surface area contributed by atoms with E-state index >= 15 is 0 Å². The van der Waals surface area contributed by atoms with Crippen molar-refractivity contribution in [2.24, 2.45) is 11.3 Å². The summed E-state index contributed by atoms with van der Waals surface area (Å²) in [5.74, 6) is -0.155. The van der Waals surface area contributed by atoms with Crippen LogP contribution in [0, 0.1) is 18.3 Å². The van der Waals surface area contributed by atoms with Crippen LogP contribution in [0.5, 0.6) is 0 Å². The number of carbonyl (C=O) groups is 2. The van der Waals surface area contributed by atoms with Crippen LogP contribution in [0.2, 0.25) is 0 Å². The molecule has 2 N–H and O–H groups in total. The zero-order valence-electron chi connectivity index (χ0n) is 17.9. The lowest BCUT2D eigenvalue weighted by atomic mass is 9.90. The van der Waals surface area contributed by atoms with E-state index in [9.17, 15) is 9.59 Å². The SMILES string of the molecule is Cc1ncccc1CNCc1ccc2c(c1)N(CC(C)C)C(=O)C(C)(C)C(=O)N2. The Labute approximate surface area is 172 Å². The van der Waals surface area contributed by atoms with Gasteiger partial charge in [-0.25, -0.2) is 0 Å². The molecule has 0 bridgehead atoms. The number of hydrogen-bond acceptors (Lipinski definition) is 4. The fourth-order valence-electron chi connectivity index (χ4n) is 3.43. The molecule has 6 nitrogen and oxygen atoms in total. The highest BCUT2D eigenvalue weighted by Crippen LogP contribution is 2.36. The van der Waals surface area contributed by atoms with Crippen molar-refractivity contribution >= 4 is 23.2 Å². The number of benzene rings is 1. The van der Waals surface area contributed by atoms with Crippen LogP contribution >= 0.6 is 0 Å². The summed E-state index contributed by atoms with van der Waals surface area (Å²) < 4.78 is 0. The van der Waals surface area contributed by atoms with Crippen molar-refractivity contribution in [2.45, 2.75) is 47.7 Å². The van der Waals surface area contributed by atoms with Crippen LogP contribution in [0.4, 0.5) is 11.4 Å². The Morgan fingerprint density at radius 2 is 1.93 bits per heavy atom. The molecule has 0 atom stereocenters. The molecule has 2 aromatic rings. The van der Waals surface area contributed by atoms with Gasteiger partial charge in [0, 0.05) is 31.5 Å². The predicted octanol–water partition coefficient (Wildman–Crippen LogP) is 3.65. The third kappa shape index (κ3) is 4.48. The maximum atomic E-state index is 13.2. The summed E-state index contributed by atoms with van der Waals surface area (Å²) in [6.45, 7) is 11.4. The number of fused-ring (bicyclic) bond motifs is 1. The molecule has 3 rings (SSSR count). The maximum Gasteiger partial charge on any atom is 0.242 e. The summed E-state index contributed by atoms with van der Waals surface area (Å²) in [4.78, 5) is 31.8. The molecule has 1 aliphatic heterocycles. The number of hydrogen-bond donors (Lipinski definition) is 2. The second kappa shape index (κ2) is 8.33. The number of pyridine rings is 1. The minimum atomic E-state index is -1.11. The number of aryl methyl sites for hydroxylation is 1. The molecule has 6 heteroatoms. The van der Waals surface area contributed by atoms with E-state index in [2.05, 4.69) is 35.5 Å². The number of anilines is 2. The zero-order chi connectivity index (χ0) is 21.2. The summed E-state index contributed by atoms with van der Waals surface area (Å²) in [6, 6.07) is 9.87. The second-order valence-corrected chi connectivity index (χ2v) is 8.59. The minimum Gasteiger partial charge on any atom is -0.323 e. The lowest BCUT2D eigenvalue weighted by Crippen LogP contribution is -2.46. The van der Waals surface area contributed by atoms with Gasteiger partial charge in [0.2, 0.25) is 11.8 Å². The number of aromatic nitrogens is 1. The van der Waals surface area contributed by atoms with Crippen LogP contribution in [0.25, 0.3) is 0 Å². The highest BCUT2D eigenvalue weighted by Gasteiger charge is 2.43. The van der Waals surface area contributed by atoms with E-state index in [0.717, 1.165) is 29.1 Å². The van der Waals surface area contributed by atoms with Crippen molar-refractivity contribution in [3.8, 4) is 0 Å². The molecule has 1 aliphatic rings. The molecule has 2 heterocycles. The Morgan fingerprint density at radius 1 is 1.17 bits per heavy atom. The van der Waals surface area contributed by atoms with E-state index in [0.29, 0.717) is 18.8 Å². The molecule has 0 radical (unpaired) electrons. The fourth-order valence-corrected chi connectivity index (χ4v) is 3.43. The van der Waals surface area contributed by atoms with Gasteiger partial charge in [-0.05, 0) is 56.0 Å². The van der Waals surface area contributed by atoms with Crippen LogP contribution in [-0.4, -0.2) is 23.3 Å². The largest absolute Gasteiger partial charge is 0.323 e. The normalized spacial score (nSPS) is 15.9. The van der Waals surface area contributed by atoms with Gasteiger partial charge < -0.3 is 15.5 Å². The monoisotopic (exact) mass is 394 g/mol. The molecule has 1 aromatic heterocycles. The van der Waals surface area contributed by atoms with E-state index < -0.39 is 5.41 Å². The van der Waals surface area contributed by atoms with Gasteiger partial charge in [0.25, 0.3) is 0 Å². The summed E-state index contributed by atoms with van der Waals surface area (Å²) in [5, 5.41) is 6.38. The van der Waals surface area contributed by atoms with Gasteiger partial charge in [-0.2, -0.15) is 0 Å². The smallest absolute Gasteiger partial charge is 0.242 e. The molecular weight excluding hydrogens is 364 g/mol. The van der Waals surface area contributed by atoms with Gasteiger partial charge in [0.05, 0.1) is 11.4 Å². The van der Waals surface area contributed by atoms with Gasteiger partial charge in [-0.1, -0.05) is 26.0 Å². The van der Waals surface area contributed by atoms with Gasteiger partial charge in [0.15, 0.2) is 0 Å². The Hall–Kier alpha value is -2.73. The fraction of sp³-hybridized carbons (Fsp3) is 0.435. The molecule has 154 valence electrons. The summed E-state index contributed by atoms with van der Waals surface area (Å²) in [6.07, 6.45) is 1.79. The molecule has 0 saturated heterocycles. The molecular formula is C23H30N4O2. The second-order valence-electron chi connectivity index (χ2n) is 8.59. The summed E-state index contributed by atoms with van der Waals surface area (Å²) in [5.41, 5.74) is 3.57. The molecule has 0 unspecified atom stereocenters. The van der Waals surface area contributed by atoms with Crippen LogP contribution in [0.3, 0.4) is 0 Å². The van der Waals surface area contributed by atoms with Crippen molar-refractivity contribution in [2.75, 3.05) is 16.8 Å². The molecule has 0 aliphatic carbocycles. The molecule has 0 fully saturated rings. The first-order valence-electron chi connectivity index (χ1n) is 10.1. The van der Waals surface area contributed by atoms with Crippen molar-refractivity contribution < 1.29 is 9.59 Å². The van der Waals surface area contributed by atoms with Crippen molar-refractivity contribution in [3.63, 3.8) is 0 Å². The van der Waals surface area contributed by atoms with Crippen molar-refractivity contribution in [3.05, 3.63) is 53.3 Å². The first kappa shape index (κ1) is 21.0. The lowest BCUT2D eigenvalue weighted by molar-refractivity contribution is -0.136. The van der Waals surface area contributed by atoms with Crippen molar-refractivity contribution in [1.29, 1.82) is 0 Å². The highest BCUT2D eigenvalue weighted by molar-refractivity contribution is 6.19. The summed E-state index contributed by atoms with van der Waals surface area (Å²) >= 11 is 0. The Bertz CT molecular complexity index is 921. The van der Waals surface area contributed by atoms with Gasteiger partial charge in [-0.15, -0.1) is 0 Å². The first-order chi connectivity index (χ1) is 13.7. The standard InChI is InChI=1S/C23H30N4O2/c1-15(2)14-27-20-11-17(12-24-13-18-7-6-10-25-16(18)3)8-9-19(20)26-21(28)23(4,5)22(27)29/h6-11,15,24H,12-14H2,1-5H3,(H,26,28). The van der Waals surface area contributed by atoms with E-state index in [1.807, 2.05) is 31.2 Å². The molecule has 0 spiro atoms. The number of rotatable bonds is 6. The van der Waals surface area contributed by atoms with Crippen LogP contribution in [-0.2, 0) is 22.7 Å². The topological polar surface area (TPSA) is 74.3 Å². The lowest BCUT2D eigenvalue weighted by Gasteiger charge is -2.29. The average Bonchev–Trinajstić information content (AvgIpc) is 2.73. The van der Waals surface area contributed by atoms with E-state index in [1.54, 1.807) is 24.9 Å². The van der Waals surface area contributed by atoms with Gasteiger partial charge in [-0.3, -0.25) is 14.6 Å². The zero-order valence-corrected chi connectivity index (χ0v) is 17.9. The predicted molar refractivity (Wildman–Crippen MR) is 116 cm³/mol. The Morgan fingerprint density at radius 3 is 2.62 bits per heavy atom. The van der Waals surface area contributed by atoms with E-state index in [4.69, 9.17) is 0 Å². The number of carbonyl (C=O) groups excluding carboxylic acids is 2. The molecule has 0 saturated carbocycles. The number of nitrogens with zero attached hydrogens (tertiary/aromatic N) is 2. The Balaban J connectivity index is 1.85. The van der Waals surface area contributed by atoms with Gasteiger partial charge in [0.1, 0.15) is 5.41 Å². The third-order valence-electron chi connectivity index (χ3n) is 5.26. The summed E-state index contributed by atoms with van der Waals surface area (Å²) in [7, 11) is 0. The number of amides is 2. The van der Waals surface area contributed by atoms with E-state index in [1.165, 1.54) is 0 Å². The van der Waals surface area contributed by atoms with Crippen LogP contribution in [0.1, 0.15) is 44.5 Å². The van der Waals surface area contributed by atoms with E-state index in [-0.39, 0.29) is 17.7 Å². The quantitative estimate of drug-likeness (QED) is 0.734. The Kier molecular flexibility index (Phi) is 6.03. The van der Waals surface area contributed by atoms with Gasteiger partial charge >= 0.3 is 0 Å². The maximum absolute atomic E-state index is 13.2. The molecule has 1 aromatic carbocycles. The molecule has 29 heavy (non-hydrogen) atoms. The van der Waals surface area contributed by atoms with Crippen molar-refractivity contribution in [1.82, 2.24) is 10.3 Å². The number of nitrogens with one attached hydrogen (secondary N) is 2.